The second-order valence-electron chi connectivity index (χ2n) is 8.69. The average molecular weight is 458 g/mol. The van der Waals surface area contributed by atoms with E-state index in [9.17, 15) is 13.6 Å². The lowest BCUT2D eigenvalue weighted by Crippen LogP contribution is -2.16. The standard InChI is InChI=1S/C25H20F2N6O/c1-12-17-10-22(20(27)9-18(17)24(34)29-12)30-25-31-23(32-33-25)14-4-6-16(19(26)8-14)15-5-7-21(28-11-15)13-2-3-13/h4-13H,2-3H2,1H3,(H,29,34)(H2,30,31,32,33). The van der Waals surface area contributed by atoms with E-state index < -0.39 is 11.6 Å². The molecule has 0 spiro atoms. The van der Waals surface area contributed by atoms with Crippen LogP contribution in [0.5, 0.6) is 0 Å². The van der Waals surface area contributed by atoms with Crippen LogP contribution in [0.2, 0.25) is 0 Å². The predicted molar refractivity (Wildman–Crippen MR) is 123 cm³/mol. The molecule has 1 aliphatic carbocycles. The van der Waals surface area contributed by atoms with E-state index in [0.717, 1.165) is 5.69 Å². The smallest absolute Gasteiger partial charge is 0.252 e. The van der Waals surface area contributed by atoms with Crippen molar-refractivity contribution in [2.75, 3.05) is 5.32 Å². The van der Waals surface area contributed by atoms with Gasteiger partial charge in [0.1, 0.15) is 11.6 Å². The van der Waals surface area contributed by atoms with Crippen LogP contribution in [0.15, 0.2) is 48.7 Å². The first-order valence-electron chi connectivity index (χ1n) is 11.1. The third kappa shape index (κ3) is 3.59. The lowest BCUT2D eigenvalue weighted by atomic mass is 10.0. The van der Waals surface area contributed by atoms with Crippen LogP contribution in [0.25, 0.3) is 22.5 Å². The molecule has 0 bridgehead atoms. The highest BCUT2D eigenvalue weighted by atomic mass is 19.1. The quantitative estimate of drug-likeness (QED) is 0.380. The number of hydrogen-bond acceptors (Lipinski definition) is 5. The third-order valence-corrected chi connectivity index (χ3v) is 6.27. The molecular formula is C25H20F2N6O. The van der Waals surface area contributed by atoms with Crippen molar-refractivity contribution in [3.63, 3.8) is 0 Å². The Kier molecular flexibility index (Phi) is 4.65. The summed E-state index contributed by atoms with van der Waals surface area (Å²) in [6, 6.07) is 11.2. The van der Waals surface area contributed by atoms with Gasteiger partial charge in [-0.2, -0.15) is 4.98 Å². The fourth-order valence-electron chi connectivity index (χ4n) is 4.24. The van der Waals surface area contributed by atoms with Crippen molar-refractivity contribution in [3.05, 3.63) is 77.1 Å². The van der Waals surface area contributed by atoms with Gasteiger partial charge in [-0.3, -0.25) is 14.9 Å². The van der Waals surface area contributed by atoms with Crippen molar-refractivity contribution in [1.82, 2.24) is 25.5 Å². The number of pyridine rings is 1. The van der Waals surface area contributed by atoms with E-state index in [0.29, 0.717) is 39.6 Å². The van der Waals surface area contributed by atoms with Gasteiger partial charge in [0.05, 0.1) is 11.7 Å². The lowest BCUT2D eigenvalue weighted by molar-refractivity contribution is 0.0958. The van der Waals surface area contributed by atoms with Gasteiger partial charge in [-0.15, -0.1) is 5.10 Å². The van der Waals surface area contributed by atoms with Gasteiger partial charge in [0.15, 0.2) is 5.82 Å². The largest absolute Gasteiger partial charge is 0.345 e. The monoisotopic (exact) mass is 458 g/mol. The predicted octanol–water partition coefficient (Wildman–Crippen LogP) is 5.24. The van der Waals surface area contributed by atoms with Gasteiger partial charge < -0.3 is 10.6 Å². The van der Waals surface area contributed by atoms with Crippen LogP contribution in [-0.4, -0.2) is 26.1 Å². The average Bonchev–Trinajstić information content (AvgIpc) is 3.52. The molecule has 1 atom stereocenters. The summed E-state index contributed by atoms with van der Waals surface area (Å²) in [7, 11) is 0. The van der Waals surface area contributed by atoms with Crippen molar-refractivity contribution in [2.45, 2.75) is 31.7 Å². The molecule has 7 nitrogen and oxygen atoms in total. The Morgan fingerprint density at radius 2 is 1.82 bits per heavy atom. The SMILES string of the molecule is CC1NC(=O)c2cc(F)c(Nc3n[nH]c(-c4ccc(-c5ccc(C6CC6)nc5)c(F)c4)n3)cc21. The summed E-state index contributed by atoms with van der Waals surface area (Å²) in [6.07, 6.45) is 4.04. The molecule has 1 aliphatic heterocycles. The number of H-pyrrole nitrogens is 1. The van der Waals surface area contributed by atoms with Crippen LogP contribution in [0.4, 0.5) is 20.4 Å². The molecule has 1 fully saturated rings. The molecule has 1 unspecified atom stereocenters. The summed E-state index contributed by atoms with van der Waals surface area (Å²) in [5, 5.41) is 12.4. The first-order valence-corrected chi connectivity index (χ1v) is 11.1. The van der Waals surface area contributed by atoms with Gasteiger partial charge >= 0.3 is 0 Å². The first-order chi connectivity index (χ1) is 16.5. The van der Waals surface area contributed by atoms with E-state index in [1.165, 1.54) is 25.0 Å². The summed E-state index contributed by atoms with van der Waals surface area (Å²) in [4.78, 5) is 20.7. The number of carbonyl (C=O) groups is 1. The highest BCUT2D eigenvalue weighted by Crippen LogP contribution is 2.39. The first kappa shape index (κ1) is 20.5. The van der Waals surface area contributed by atoms with E-state index in [-0.39, 0.29) is 23.6 Å². The van der Waals surface area contributed by atoms with E-state index in [1.54, 1.807) is 24.4 Å². The zero-order valence-corrected chi connectivity index (χ0v) is 18.2. The summed E-state index contributed by atoms with van der Waals surface area (Å²) < 4.78 is 29.4. The fraction of sp³-hybridized carbons (Fsp3) is 0.200. The zero-order valence-electron chi connectivity index (χ0n) is 18.2. The molecule has 3 N–H and O–H groups in total. The molecule has 2 aromatic heterocycles. The number of aromatic amines is 1. The minimum Gasteiger partial charge on any atom is -0.345 e. The minimum absolute atomic E-state index is 0.128. The molecule has 2 aliphatic rings. The Labute approximate surface area is 193 Å². The second-order valence-corrected chi connectivity index (χ2v) is 8.69. The van der Waals surface area contributed by atoms with Crippen LogP contribution in [-0.2, 0) is 0 Å². The maximum atomic E-state index is 14.9. The highest BCUT2D eigenvalue weighted by Gasteiger charge is 2.27. The molecule has 170 valence electrons. The fourth-order valence-corrected chi connectivity index (χ4v) is 4.24. The van der Waals surface area contributed by atoms with Gasteiger partial charge in [0.25, 0.3) is 5.91 Å². The molecule has 6 rings (SSSR count). The Morgan fingerprint density at radius 3 is 2.56 bits per heavy atom. The number of nitrogens with one attached hydrogen (secondary N) is 3. The minimum atomic E-state index is -0.592. The van der Waals surface area contributed by atoms with Crippen LogP contribution in [0, 0.1) is 11.6 Å². The van der Waals surface area contributed by atoms with Crippen molar-refractivity contribution >= 4 is 17.5 Å². The third-order valence-electron chi connectivity index (χ3n) is 6.27. The zero-order chi connectivity index (χ0) is 23.4. The van der Waals surface area contributed by atoms with Gasteiger partial charge in [-0.25, -0.2) is 8.78 Å². The van der Waals surface area contributed by atoms with Crippen molar-refractivity contribution < 1.29 is 13.6 Å². The number of hydrogen-bond donors (Lipinski definition) is 3. The number of anilines is 2. The molecule has 2 aromatic carbocycles. The Bertz CT molecular complexity index is 1430. The molecule has 1 saturated carbocycles. The normalized spacial score (nSPS) is 16.9. The number of amides is 1. The maximum Gasteiger partial charge on any atom is 0.252 e. The van der Waals surface area contributed by atoms with E-state index in [4.69, 9.17) is 0 Å². The Balaban J connectivity index is 1.23. The molecule has 4 aromatic rings. The van der Waals surface area contributed by atoms with Crippen LogP contribution in [0.3, 0.4) is 0 Å². The highest BCUT2D eigenvalue weighted by molar-refractivity contribution is 5.99. The number of halogens is 2. The number of rotatable bonds is 5. The number of benzene rings is 2. The number of fused-ring (bicyclic) bond motifs is 1. The van der Waals surface area contributed by atoms with Gasteiger partial charge in [0.2, 0.25) is 5.95 Å². The number of carbonyl (C=O) groups excluding carboxylic acids is 1. The second kappa shape index (κ2) is 7.72. The topological polar surface area (TPSA) is 95.6 Å². The van der Waals surface area contributed by atoms with Crippen LogP contribution < -0.4 is 10.6 Å². The lowest BCUT2D eigenvalue weighted by Gasteiger charge is -2.08. The summed E-state index contributed by atoms with van der Waals surface area (Å²) in [6.45, 7) is 1.83. The molecule has 34 heavy (non-hydrogen) atoms. The van der Waals surface area contributed by atoms with E-state index in [1.807, 2.05) is 19.1 Å². The number of aromatic nitrogens is 4. The molecule has 9 heteroatoms. The summed E-state index contributed by atoms with van der Waals surface area (Å²) in [5.41, 5.74) is 3.89. The summed E-state index contributed by atoms with van der Waals surface area (Å²) >= 11 is 0. The molecular weight excluding hydrogens is 438 g/mol. The molecule has 0 radical (unpaired) electrons. The van der Waals surface area contributed by atoms with Gasteiger partial charge in [-0.05, 0) is 49.6 Å². The van der Waals surface area contributed by atoms with Crippen LogP contribution >= 0.6 is 0 Å². The molecule has 1 amide bonds. The van der Waals surface area contributed by atoms with Crippen molar-refractivity contribution in [1.29, 1.82) is 0 Å². The van der Waals surface area contributed by atoms with Crippen molar-refractivity contribution in [2.24, 2.45) is 0 Å². The van der Waals surface area contributed by atoms with Gasteiger partial charge in [0, 0.05) is 40.1 Å². The molecule has 3 heterocycles. The van der Waals surface area contributed by atoms with Crippen LogP contribution in [0.1, 0.15) is 53.3 Å². The van der Waals surface area contributed by atoms with Gasteiger partial charge in [-0.1, -0.05) is 18.2 Å². The Morgan fingerprint density at radius 1 is 1.00 bits per heavy atom. The maximum absolute atomic E-state index is 14.9. The number of nitrogens with zero attached hydrogens (tertiary/aromatic N) is 3. The molecule has 0 saturated heterocycles. The van der Waals surface area contributed by atoms with E-state index in [2.05, 4.69) is 30.8 Å². The summed E-state index contributed by atoms with van der Waals surface area (Å²) in [5.74, 6) is -0.284. The van der Waals surface area contributed by atoms with Crippen molar-refractivity contribution in [3.8, 4) is 22.5 Å². The Hall–Kier alpha value is -4.14. The van der Waals surface area contributed by atoms with E-state index >= 15 is 0 Å².